The molecule has 1 atom stereocenters. The minimum atomic E-state index is -4.42. The van der Waals surface area contributed by atoms with Crippen LogP contribution in [0.15, 0.2) is 18.3 Å². The number of aryl methyl sites for hydroxylation is 1. The summed E-state index contributed by atoms with van der Waals surface area (Å²) in [5.74, 6) is 0. The Balaban J connectivity index is 1.97. The van der Waals surface area contributed by atoms with E-state index in [1.807, 2.05) is 24.6 Å². The first-order valence-electron chi connectivity index (χ1n) is 6.28. The number of hydrogen-bond acceptors (Lipinski definition) is 3. The maximum absolute atomic E-state index is 12.4. The van der Waals surface area contributed by atoms with Crippen molar-refractivity contribution in [3.05, 3.63) is 35.4 Å². The smallest absolute Gasteiger partial charge is 0.303 e. The van der Waals surface area contributed by atoms with Gasteiger partial charge >= 0.3 is 6.18 Å². The van der Waals surface area contributed by atoms with E-state index in [4.69, 9.17) is 0 Å². The van der Waals surface area contributed by atoms with Crippen molar-refractivity contribution in [2.45, 2.75) is 39.2 Å². The quantitative estimate of drug-likeness (QED) is 0.888. The molecule has 0 saturated carbocycles. The summed E-state index contributed by atoms with van der Waals surface area (Å²) in [6, 6.07) is 2.88. The predicted molar refractivity (Wildman–Crippen MR) is 66.7 cm³/mol. The van der Waals surface area contributed by atoms with Crippen molar-refractivity contribution in [3.8, 4) is 0 Å². The third kappa shape index (κ3) is 3.19. The Hall–Kier alpha value is -1.83. The van der Waals surface area contributed by atoms with Crippen LogP contribution in [0.3, 0.4) is 0 Å². The lowest BCUT2D eigenvalue weighted by Crippen LogP contribution is -2.21. The molecule has 0 fully saturated rings. The molecule has 0 aromatic carbocycles. The van der Waals surface area contributed by atoms with Crippen LogP contribution in [0.1, 0.15) is 37.0 Å². The van der Waals surface area contributed by atoms with Crippen LogP contribution in [0, 0.1) is 0 Å². The fourth-order valence-corrected chi connectivity index (χ4v) is 1.94. The van der Waals surface area contributed by atoms with Crippen molar-refractivity contribution in [2.75, 3.05) is 0 Å². The average Bonchev–Trinajstić information content (AvgIpc) is 3.03. The van der Waals surface area contributed by atoms with E-state index in [0.29, 0.717) is 5.69 Å². The second-order valence-electron chi connectivity index (χ2n) is 4.45. The number of rotatable bonds is 5. The molecule has 0 radical (unpaired) electrons. The summed E-state index contributed by atoms with van der Waals surface area (Å²) in [7, 11) is 0. The molecule has 8 heteroatoms. The zero-order valence-electron chi connectivity index (χ0n) is 11.2. The highest BCUT2D eigenvalue weighted by Crippen LogP contribution is 2.27. The van der Waals surface area contributed by atoms with Gasteiger partial charge in [-0.15, -0.1) is 0 Å². The summed E-state index contributed by atoms with van der Waals surface area (Å²) < 4.78 is 39.1. The van der Waals surface area contributed by atoms with Crippen LogP contribution in [-0.4, -0.2) is 20.0 Å². The number of hydrogen-bond donors (Lipinski definition) is 2. The number of H-pyrrole nitrogens is 1. The Labute approximate surface area is 114 Å². The molecule has 5 nitrogen and oxygen atoms in total. The second-order valence-corrected chi connectivity index (χ2v) is 4.45. The molecule has 0 spiro atoms. The SMILES string of the molecule is CCn1nccc1C(C)NCc1cc(C(F)(F)F)n[nH]1. The number of alkyl halides is 3. The van der Waals surface area contributed by atoms with Crippen molar-refractivity contribution in [2.24, 2.45) is 0 Å². The Kier molecular flexibility index (Phi) is 4.12. The number of nitrogens with one attached hydrogen (secondary N) is 2. The lowest BCUT2D eigenvalue weighted by molar-refractivity contribution is -0.141. The molecule has 0 amide bonds. The van der Waals surface area contributed by atoms with Crippen LogP contribution < -0.4 is 5.32 Å². The molecule has 0 bridgehead atoms. The number of halogens is 3. The van der Waals surface area contributed by atoms with Gasteiger partial charge in [-0.1, -0.05) is 0 Å². The van der Waals surface area contributed by atoms with E-state index in [2.05, 4.69) is 20.6 Å². The zero-order valence-corrected chi connectivity index (χ0v) is 11.2. The second kappa shape index (κ2) is 5.66. The standard InChI is InChI=1S/C12H16F3N5/c1-3-20-10(4-5-17-20)8(2)16-7-9-6-11(19-18-9)12(13,14)15/h4-6,8,16H,3,7H2,1-2H3,(H,18,19). The highest BCUT2D eigenvalue weighted by molar-refractivity contribution is 5.12. The lowest BCUT2D eigenvalue weighted by Gasteiger charge is -2.14. The van der Waals surface area contributed by atoms with Crippen LogP contribution in [-0.2, 0) is 19.3 Å². The van der Waals surface area contributed by atoms with Crippen molar-refractivity contribution in [1.29, 1.82) is 0 Å². The number of aromatic amines is 1. The minimum Gasteiger partial charge on any atom is -0.303 e. The molecule has 2 aromatic heterocycles. The average molecular weight is 287 g/mol. The van der Waals surface area contributed by atoms with Gasteiger partial charge in [0.1, 0.15) is 0 Å². The van der Waals surface area contributed by atoms with E-state index in [9.17, 15) is 13.2 Å². The van der Waals surface area contributed by atoms with Gasteiger partial charge < -0.3 is 5.32 Å². The highest BCUT2D eigenvalue weighted by atomic mass is 19.4. The van der Waals surface area contributed by atoms with Gasteiger partial charge in [-0.2, -0.15) is 23.4 Å². The van der Waals surface area contributed by atoms with E-state index in [1.54, 1.807) is 6.20 Å². The molecule has 2 heterocycles. The molecule has 20 heavy (non-hydrogen) atoms. The topological polar surface area (TPSA) is 58.5 Å². The highest BCUT2D eigenvalue weighted by Gasteiger charge is 2.33. The summed E-state index contributed by atoms with van der Waals surface area (Å²) in [6.45, 7) is 4.94. The van der Waals surface area contributed by atoms with Gasteiger partial charge in [-0.05, 0) is 26.0 Å². The summed E-state index contributed by atoms with van der Waals surface area (Å²) >= 11 is 0. The van der Waals surface area contributed by atoms with E-state index in [-0.39, 0.29) is 12.6 Å². The van der Waals surface area contributed by atoms with Gasteiger partial charge in [0.05, 0.1) is 5.69 Å². The number of nitrogens with zero attached hydrogens (tertiary/aromatic N) is 3. The molecule has 0 saturated heterocycles. The Morgan fingerprint density at radius 3 is 2.80 bits per heavy atom. The van der Waals surface area contributed by atoms with E-state index in [0.717, 1.165) is 18.3 Å². The van der Waals surface area contributed by atoms with Crippen LogP contribution in [0.25, 0.3) is 0 Å². The largest absolute Gasteiger partial charge is 0.435 e. The first kappa shape index (κ1) is 14.6. The van der Waals surface area contributed by atoms with Crippen molar-refractivity contribution in [3.63, 3.8) is 0 Å². The molecular weight excluding hydrogens is 271 g/mol. The maximum Gasteiger partial charge on any atom is 0.435 e. The summed E-state index contributed by atoms with van der Waals surface area (Å²) in [4.78, 5) is 0. The van der Waals surface area contributed by atoms with Crippen molar-refractivity contribution >= 4 is 0 Å². The fraction of sp³-hybridized carbons (Fsp3) is 0.500. The molecular formula is C12H16F3N5. The summed E-state index contributed by atoms with van der Waals surface area (Å²) in [6.07, 6.45) is -2.71. The first-order chi connectivity index (χ1) is 9.41. The van der Waals surface area contributed by atoms with Crippen LogP contribution >= 0.6 is 0 Å². The van der Waals surface area contributed by atoms with Gasteiger partial charge in [-0.25, -0.2) is 0 Å². The van der Waals surface area contributed by atoms with E-state index >= 15 is 0 Å². The molecule has 0 aliphatic carbocycles. The van der Waals surface area contributed by atoms with Crippen LogP contribution in [0.4, 0.5) is 13.2 Å². The maximum atomic E-state index is 12.4. The monoisotopic (exact) mass is 287 g/mol. The Morgan fingerprint density at radius 1 is 1.45 bits per heavy atom. The molecule has 0 aliphatic rings. The summed E-state index contributed by atoms with van der Waals surface area (Å²) in [5, 5.41) is 12.9. The molecule has 1 unspecified atom stereocenters. The molecule has 2 aromatic rings. The summed E-state index contributed by atoms with van der Waals surface area (Å²) in [5.41, 5.74) is 0.482. The van der Waals surface area contributed by atoms with Crippen LogP contribution in [0.2, 0.25) is 0 Å². The fourth-order valence-electron chi connectivity index (χ4n) is 1.94. The van der Waals surface area contributed by atoms with Crippen molar-refractivity contribution in [1.82, 2.24) is 25.3 Å². The Bertz CT molecular complexity index is 557. The van der Waals surface area contributed by atoms with Gasteiger partial charge in [0.15, 0.2) is 5.69 Å². The molecule has 2 N–H and O–H groups in total. The van der Waals surface area contributed by atoms with E-state index < -0.39 is 11.9 Å². The third-order valence-corrected chi connectivity index (χ3v) is 3.01. The normalized spacial score (nSPS) is 13.7. The number of aromatic nitrogens is 4. The molecule has 110 valence electrons. The minimum absolute atomic E-state index is 0.0184. The van der Waals surface area contributed by atoms with Gasteiger partial charge in [-0.3, -0.25) is 9.78 Å². The Morgan fingerprint density at radius 2 is 2.20 bits per heavy atom. The van der Waals surface area contributed by atoms with E-state index in [1.165, 1.54) is 0 Å². The third-order valence-electron chi connectivity index (χ3n) is 3.01. The zero-order chi connectivity index (χ0) is 14.8. The lowest BCUT2D eigenvalue weighted by atomic mass is 10.2. The molecule has 0 aliphatic heterocycles. The molecule has 2 rings (SSSR count). The van der Waals surface area contributed by atoms with Gasteiger partial charge in [0, 0.05) is 31.0 Å². The van der Waals surface area contributed by atoms with Gasteiger partial charge in [0.25, 0.3) is 0 Å². The predicted octanol–water partition coefficient (Wildman–Crippen LogP) is 2.50. The van der Waals surface area contributed by atoms with Crippen LogP contribution in [0.5, 0.6) is 0 Å². The van der Waals surface area contributed by atoms with Gasteiger partial charge in [0.2, 0.25) is 0 Å². The first-order valence-corrected chi connectivity index (χ1v) is 6.28. The van der Waals surface area contributed by atoms with Crippen molar-refractivity contribution < 1.29 is 13.2 Å².